The molecule has 0 spiro atoms. The zero-order valence-corrected chi connectivity index (χ0v) is 9.93. The van der Waals surface area contributed by atoms with E-state index in [-0.39, 0.29) is 12.3 Å². The van der Waals surface area contributed by atoms with Crippen molar-refractivity contribution in [3.05, 3.63) is 0 Å². The molecule has 0 aliphatic heterocycles. The molecule has 94 valence electrons. The van der Waals surface area contributed by atoms with Crippen molar-refractivity contribution in [3.8, 4) is 0 Å². The average molecular weight is 252 g/mol. The van der Waals surface area contributed by atoms with Crippen LogP contribution in [0.2, 0.25) is 0 Å². The summed E-state index contributed by atoms with van der Waals surface area (Å²) in [6, 6.07) is -0.528. The summed E-state index contributed by atoms with van der Waals surface area (Å²) in [5, 5.41) is 7.04. The molecule has 0 heterocycles. The Morgan fingerprint density at radius 3 is 2.50 bits per heavy atom. The molecule has 16 heavy (non-hydrogen) atoms. The van der Waals surface area contributed by atoms with Crippen molar-refractivity contribution in [1.82, 2.24) is 9.44 Å². The number of ether oxygens (including phenoxy) is 1. The molecule has 0 aliphatic rings. The Morgan fingerprint density at radius 1 is 1.56 bits per heavy atom. The van der Waals surface area contributed by atoms with Crippen molar-refractivity contribution in [3.63, 3.8) is 0 Å². The lowest BCUT2D eigenvalue weighted by Gasteiger charge is -2.16. The summed E-state index contributed by atoms with van der Waals surface area (Å²) in [5.41, 5.74) is 5.15. The quantitative estimate of drug-likeness (QED) is 0.365. The Bertz CT molecular complexity index is 353. The summed E-state index contributed by atoms with van der Waals surface area (Å²) >= 11 is 0. The molecule has 9 heteroatoms. The minimum atomic E-state index is -3.98. The van der Waals surface area contributed by atoms with Gasteiger partial charge in [-0.1, -0.05) is 6.92 Å². The molecule has 0 saturated heterocycles. The van der Waals surface area contributed by atoms with Crippen molar-refractivity contribution in [2.24, 2.45) is 5.73 Å². The first-order valence-electron chi connectivity index (χ1n) is 4.51. The highest BCUT2D eigenvalue weighted by atomic mass is 32.2. The van der Waals surface area contributed by atoms with Gasteiger partial charge in [-0.25, -0.2) is 9.52 Å². The second-order valence-corrected chi connectivity index (χ2v) is 4.50. The molecule has 0 aromatic heterocycles. The minimum Gasteiger partial charge on any atom is -0.452 e. The Morgan fingerprint density at radius 2 is 2.12 bits per heavy atom. The van der Waals surface area contributed by atoms with Gasteiger partial charge >= 0.3 is 16.3 Å². The number of nitrogens with one attached hydrogen (secondary N) is 3. The second-order valence-electron chi connectivity index (χ2n) is 3.05. The van der Waals surface area contributed by atoms with E-state index in [0.717, 1.165) is 7.11 Å². The van der Waals surface area contributed by atoms with E-state index in [1.807, 2.05) is 0 Å². The number of carbonyl (C=O) groups excluding carboxylic acids is 1. The van der Waals surface area contributed by atoms with Crippen LogP contribution in [0.25, 0.3) is 0 Å². The standard InChI is InChI=1S/C7H16N4O4S/c1-3-5(4-6(8)9)10-16(13,14)11-7(12)15-2/h5,10H,3-4H2,1-2H3,(H3,8,9)(H,11,12). The molecule has 0 fully saturated rings. The number of hydrogen-bond donors (Lipinski definition) is 4. The van der Waals surface area contributed by atoms with E-state index in [2.05, 4.69) is 9.46 Å². The van der Waals surface area contributed by atoms with E-state index in [9.17, 15) is 13.2 Å². The van der Waals surface area contributed by atoms with Gasteiger partial charge in [-0.3, -0.25) is 5.41 Å². The predicted octanol–water partition coefficient (Wildman–Crippen LogP) is -0.719. The predicted molar refractivity (Wildman–Crippen MR) is 58.2 cm³/mol. The lowest BCUT2D eigenvalue weighted by atomic mass is 10.1. The number of rotatable bonds is 6. The minimum absolute atomic E-state index is 0.0819. The molecule has 0 bridgehead atoms. The van der Waals surface area contributed by atoms with Gasteiger partial charge in [-0.2, -0.15) is 13.1 Å². The summed E-state index contributed by atoms with van der Waals surface area (Å²) in [5.74, 6) is -0.132. The third kappa shape index (κ3) is 6.19. The first kappa shape index (κ1) is 14.6. The second kappa shape index (κ2) is 6.28. The van der Waals surface area contributed by atoms with Crippen LogP contribution < -0.4 is 15.2 Å². The van der Waals surface area contributed by atoms with Gasteiger partial charge in [0.2, 0.25) is 0 Å². The van der Waals surface area contributed by atoms with Crippen LogP contribution in [-0.4, -0.2) is 33.5 Å². The Labute approximate surface area is 94.2 Å². The normalized spacial score (nSPS) is 12.9. The van der Waals surface area contributed by atoms with E-state index in [1.165, 1.54) is 0 Å². The summed E-state index contributed by atoms with van der Waals surface area (Å²) in [4.78, 5) is 10.7. The van der Waals surface area contributed by atoms with E-state index in [1.54, 1.807) is 11.6 Å². The molecule has 0 radical (unpaired) electrons. The molecule has 0 rings (SSSR count). The lowest BCUT2D eigenvalue weighted by molar-refractivity contribution is 0.177. The maximum atomic E-state index is 11.3. The number of carbonyl (C=O) groups is 1. The maximum Gasteiger partial charge on any atom is 0.421 e. The third-order valence-electron chi connectivity index (χ3n) is 1.68. The topological polar surface area (TPSA) is 134 Å². The van der Waals surface area contributed by atoms with Crippen LogP contribution in [0.3, 0.4) is 0 Å². The van der Waals surface area contributed by atoms with Crippen LogP contribution in [0.4, 0.5) is 4.79 Å². The molecule has 0 aromatic carbocycles. The zero-order chi connectivity index (χ0) is 12.8. The lowest BCUT2D eigenvalue weighted by Crippen LogP contribution is -2.46. The fourth-order valence-electron chi connectivity index (χ4n) is 0.935. The highest BCUT2D eigenvalue weighted by Gasteiger charge is 2.19. The van der Waals surface area contributed by atoms with Crippen molar-refractivity contribution >= 4 is 22.1 Å². The molecule has 8 nitrogen and oxygen atoms in total. The number of amidine groups is 1. The SMILES string of the molecule is CCC(CC(=N)N)NS(=O)(=O)NC(=O)OC. The molecule has 5 N–H and O–H groups in total. The first-order chi connectivity index (χ1) is 7.30. The molecule has 1 unspecified atom stereocenters. The van der Waals surface area contributed by atoms with E-state index >= 15 is 0 Å². The van der Waals surface area contributed by atoms with Gasteiger partial charge in [0, 0.05) is 12.5 Å². The van der Waals surface area contributed by atoms with Crippen molar-refractivity contribution in [2.45, 2.75) is 25.8 Å². The first-order valence-corrected chi connectivity index (χ1v) is 6.00. The molecule has 0 saturated carbocycles. The smallest absolute Gasteiger partial charge is 0.421 e. The van der Waals surface area contributed by atoms with Crippen LogP contribution in [-0.2, 0) is 14.9 Å². The highest BCUT2D eigenvalue weighted by molar-refractivity contribution is 7.88. The monoisotopic (exact) mass is 252 g/mol. The van der Waals surface area contributed by atoms with Gasteiger partial charge in [0.05, 0.1) is 12.9 Å². The highest BCUT2D eigenvalue weighted by Crippen LogP contribution is 1.98. The van der Waals surface area contributed by atoms with Crippen LogP contribution in [0, 0.1) is 5.41 Å². The fourth-order valence-corrected chi connectivity index (χ4v) is 1.99. The number of amides is 1. The number of methoxy groups -OCH3 is 1. The molecule has 1 atom stereocenters. The van der Waals surface area contributed by atoms with Gasteiger partial charge in [0.1, 0.15) is 0 Å². The van der Waals surface area contributed by atoms with E-state index in [0.29, 0.717) is 6.42 Å². The molecule has 0 aromatic rings. The van der Waals surface area contributed by atoms with Crippen LogP contribution in [0.1, 0.15) is 19.8 Å². The summed E-state index contributed by atoms with van der Waals surface area (Å²) in [6.45, 7) is 1.73. The third-order valence-corrected chi connectivity index (χ3v) is 2.76. The van der Waals surface area contributed by atoms with Gasteiger partial charge in [-0.05, 0) is 6.42 Å². The van der Waals surface area contributed by atoms with Gasteiger partial charge in [0.25, 0.3) is 0 Å². The summed E-state index contributed by atoms with van der Waals surface area (Å²) in [6.07, 6.45) is -0.551. The maximum absolute atomic E-state index is 11.3. The van der Waals surface area contributed by atoms with Gasteiger partial charge in [-0.15, -0.1) is 0 Å². The Kier molecular flexibility index (Phi) is 5.75. The molecular formula is C7H16N4O4S. The van der Waals surface area contributed by atoms with E-state index < -0.39 is 22.3 Å². The van der Waals surface area contributed by atoms with Crippen LogP contribution in [0.15, 0.2) is 0 Å². The van der Waals surface area contributed by atoms with Crippen molar-refractivity contribution < 1.29 is 17.9 Å². The Hall–Kier alpha value is -1.35. The van der Waals surface area contributed by atoms with Crippen molar-refractivity contribution in [2.75, 3.05) is 7.11 Å². The molecular weight excluding hydrogens is 236 g/mol. The van der Waals surface area contributed by atoms with Crippen LogP contribution in [0.5, 0.6) is 0 Å². The number of nitrogens with two attached hydrogens (primary N) is 1. The average Bonchev–Trinajstić information content (AvgIpc) is 2.14. The largest absolute Gasteiger partial charge is 0.452 e. The van der Waals surface area contributed by atoms with Crippen LogP contribution >= 0.6 is 0 Å². The van der Waals surface area contributed by atoms with Gasteiger partial charge in [0.15, 0.2) is 0 Å². The fraction of sp³-hybridized carbons (Fsp3) is 0.714. The number of hydrogen-bond acceptors (Lipinski definition) is 5. The Balaban J connectivity index is 4.43. The summed E-state index contributed by atoms with van der Waals surface area (Å²) in [7, 11) is -2.92. The molecule has 1 amide bonds. The summed E-state index contributed by atoms with van der Waals surface area (Å²) < 4.78 is 30.6. The zero-order valence-electron chi connectivity index (χ0n) is 9.11. The molecule has 0 aliphatic carbocycles. The van der Waals surface area contributed by atoms with Crippen molar-refractivity contribution in [1.29, 1.82) is 5.41 Å². The van der Waals surface area contributed by atoms with E-state index in [4.69, 9.17) is 11.1 Å². The van der Waals surface area contributed by atoms with Gasteiger partial charge < -0.3 is 10.5 Å².